The number of hydrogen-bond acceptors (Lipinski definition) is 4. The summed E-state index contributed by atoms with van der Waals surface area (Å²) in [6.07, 6.45) is 0. The van der Waals surface area contributed by atoms with Crippen molar-refractivity contribution in [2.24, 2.45) is 4.99 Å². The van der Waals surface area contributed by atoms with E-state index in [1.807, 2.05) is 50.4 Å². The molecule has 0 amide bonds. The summed E-state index contributed by atoms with van der Waals surface area (Å²) in [7, 11) is 7.11. The number of nitrogens with one attached hydrogen (secondary N) is 1. The molecule has 6 heteroatoms. The molecule has 0 atom stereocenters. The number of methoxy groups -OCH3 is 2. The van der Waals surface area contributed by atoms with Gasteiger partial charge < -0.3 is 24.4 Å². The second-order valence-corrected chi connectivity index (χ2v) is 5.99. The molecule has 1 N–H and O–H groups in total. The summed E-state index contributed by atoms with van der Waals surface area (Å²) in [5, 5.41) is 3.39. The van der Waals surface area contributed by atoms with Gasteiger partial charge in [-0.1, -0.05) is 24.3 Å². The van der Waals surface area contributed by atoms with E-state index in [-0.39, 0.29) is 0 Å². The maximum Gasteiger partial charge on any atom is 0.193 e. The highest BCUT2D eigenvalue weighted by atomic mass is 16.5. The van der Waals surface area contributed by atoms with Crippen LogP contribution in [0.1, 0.15) is 18.1 Å². The fourth-order valence-electron chi connectivity index (χ4n) is 2.83. The molecule has 27 heavy (non-hydrogen) atoms. The van der Waals surface area contributed by atoms with E-state index in [0.29, 0.717) is 19.7 Å². The minimum atomic E-state index is 0.594. The van der Waals surface area contributed by atoms with Gasteiger partial charge in [0.15, 0.2) is 17.5 Å². The number of para-hydroxylation sites is 1. The van der Waals surface area contributed by atoms with Crippen molar-refractivity contribution in [2.75, 3.05) is 34.9 Å². The Morgan fingerprint density at radius 2 is 1.78 bits per heavy atom. The summed E-state index contributed by atoms with van der Waals surface area (Å²) >= 11 is 0. The highest BCUT2D eigenvalue weighted by Gasteiger charge is 2.11. The minimum Gasteiger partial charge on any atom is -0.496 e. The van der Waals surface area contributed by atoms with Crippen molar-refractivity contribution < 1.29 is 14.2 Å². The third kappa shape index (κ3) is 5.54. The quantitative estimate of drug-likeness (QED) is 0.570. The third-order valence-electron chi connectivity index (χ3n) is 4.15. The lowest BCUT2D eigenvalue weighted by Gasteiger charge is -2.23. The molecular weight excluding hydrogens is 342 g/mol. The molecule has 0 unspecified atom stereocenters. The van der Waals surface area contributed by atoms with Crippen LogP contribution >= 0.6 is 0 Å². The molecule has 0 saturated carbocycles. The van der Waals surface area contributed by atoms with Crippen LogP contribution in [0.5, 0.6) is 17.2 Å². The molecule has 0 aliphatic carbocycles. The van der Waals surface area contributed by atoms with E-state index in [4.69, 9.17) is 14.2 Å². The smallest absolute Gasteiger partial charge is 0.193 e. The molecule has 0 aromatic heterocycles. The number of hydrogen-bond donors (Lipinski definition) is 1. The van der Waals surface area contributed by atoms with E-state index in [1.54, 1.807) is 21.3 Å². The van der Waals surface area contributed by atoms with E-state index in [9.17, 15) is 0 Å². The Bertz CT molecular complexity index is 762. The van der Waals surface area contributed by atoms with Gasteiger partial charge in [0.1, 0.15) is 5.75 Å². The van der Waals surface area contributed by atoms with Gasteiger partial charge >= 0.3 is 0 Å². The van der Waals surface area contributed by atoms with Crippen molar-refractivity contribution in [3.63, 3.8) is 0 Å². The van der Waals surface area contributed by atoms with Gasteiger partial charge in [-0.25, -0.2) is 0 Å². The Hall–Kier alpha value is -2.89. The van der Waals surface area contributed by atoms with Gasteiger partial charge in [-0.2, -0.15) is 0 Å². The van der Waals surface area contributed by atoms with Gasteiger partial charge in [0.25, 0.3) is 0 Å². The first-order valence-electron chi connectivity index (χ1n) is 8.96. The lowest BCUT2D eigenvalue weighted by molar-refractivity contribution is 0.310. The van der Waals surface area contributed by atoms with E-state index in [2.05, 4.69) is 21.3 Å². The summed E-state index contributed by atoms with van der Waals surface area (Å²) in [6.45, 7) is 3.87. The molecule has 0 heterocycles. The van der Waals surface area contributed by atoms with E-state index in [1.165, 1.54) is 0 Å². The zero-order valence-corrected chi connectivity index (χ0v) is 16.8. The van der Waals surface area contributed by atoms with Crippen molar-refractivity contribution >= 4 is 5.96 Å². The van der Waals surface area contributed by atoms with Crippen molar-refractivity contribution in [1.29, 1.82) is 0 Å². The van der Waals surface area contributed by atoms with E-state index < -0.39 is 0 Å². The van der Waals surface area contributed by atoms with Crippen LogP contribution in [0.2, 0.25) is 0 Å². The Morgan fingerprint density at radius 3 is 2.44 bits per heavy atom. The van der Waals surface area contributed by atoms with Gasteiger partial charge in [0.2, 0.25) is 0 Å². The minimum absolute atomic E-state index is 0.594. The zero-order chi connectivity index (χ0) is 19.6. The van der Waals surface area contributed by atoms with Gasteiger partial charge in [-0.15, -0.1) is 0 Å². The Kier molecular flexibility index (Phi) is 7.79. The fraction of sp³-hybridized carbons (Fsp3) is 0.381. The second-order valence-electron chi connectivity index (χ2n) is 5.99. The van der Waals surface area contributed by atoms with Crippen LogP contribution in [-0.2, 0) is 13.1 Å². The van der Waals surface area contributed by atoms with Crippen LogP contribution in [-0.4, -0.2) is 45.8 Å². The largest absolute Gasteiger partial charge is 0.496 e. The molecule has 0 spiro atoms. The molecule has 0 fully saturated rings. The lowest BCUT2D eigenvalue weighted by Crippen LogP contribution is -2.38. The molecule has 2 aromatic rings. The number of rotatable bonds is 8. The number of aliphatic imine (C=N–C) groups is 1. The zero-order valence-electron chi connectivity index (χ0n) is 16.8. The first-order valence-corrected chi connectivity index (χ1v) is 8.96. The molecule has 0 bridgehead atoms. The molecule has 2 aromatic carbocycles. The molecule has 0 saturated heterocycles. The summed E-state index contributed by atoms with van der Waals surface area (Å²) in [6, 6.07) is 13.9. The first-order chi connectivity index (χ1) is 13.1. The molecule has 146 valence electrons. The van der Waals surface area contributed by atoms with Crippen molar-refractivity contribution in [2.45, 2.75) is 20.0 Å². The molecular formula is C21H29N3O3. The number of guanidine groups is 1. The van der Waals surface area contributed by atoms with E-state index in [0.717, 1.165) is 34.3 Å². The molecule has 0 aliphatic rings. The summed E-state index contributed by atoms with van der Waals surface area (Å²) in [5.74, 6) is 3.15. The van der Waals surface area contributed by atoms with Crippen LogP contribution in [0.15, 0.2) is 47.5 Å². The molecule has 6 nitrogen and oxygen atoms in total. The van der Waals surface area contributed by atoms with Crippen molar-refractivity contribution in [3.8, 4) is 17.2 Å². The predicted octanol–water partition coefficient (Wildman–Crippen LogP) is 3.31. The van der Waals surface area contributed by atoms with Gasteiger partial charge in [-0.3, -0.25) is 4.99 Å². The Balaban J connectivity index is 2.03. The van der Waals surface area contributed by atoms with Crippen molar-refractivity contribution in [1.82, 2.24) is 10.2 Å². The van der Waals surface area contributed by atoms with Crippen LogP contribution < -0.4 is 19.5 Å². The summed E-state index contributed by atoms with van der Waals surface area (Å²) in [4.78, 5) is 6.44. The first kappa shape index (κ1) is 20.4. The summed E-state index contributed by atoms with van der Waals surface area (Å²) < 4.78 is 16.4. The number of nitrogens with zero attached hydrogens (tertiary/aromatic N) is 2. The van der Waals surface area contributed by atoms with Crippen molar-refractivity contribution in [3.05, 3.63) is 53.6 Å². The molecule has 0 aliphatic heterocycles. The fourth-order valence-corrected chi connectivity index (χ4v) is 2.83. The third-order valence-corrected chi connectivity index (χ3v) is 4.15. The number of benzene rings is 2. The number of ether oxygens (including phenoxy) is 3. The summed E-state index contributed by atoms with van der Waals surface area (Å²) in [5.41, 5.74) is 2.19. The lowest BCUT2D eigenvalue weighted by atomic mass is 10.2. The van der Waals surface area contributed by atoms with Gasteiger partial charge in [0, 0.05) is 32.7 Å². The average molecular weight is 371 g/mol. The topological polar surface area (TPSA) is 55.3 Å². The highest BCUT2D eigenvalue weighted by molar-refractivity contribution is 5.79. The monoisotopic (exact) mass is 371 g/mol. The second kappa shape index (κ2) is 10.3. The highest BCUT2D eigenvalue weighted by Crippen LogP contribution is 2.28. The van der Waals surface area contributed by atoms with Crippen LogP contribution in [0.3, 0.4) is 0 Å². The maximum atomic E-state index is 5.65. The SMILES string of the molecule is CCOc1cc(CNC(=NC)N(C)Cc2ccccc2OC)ccc1OC. The van der Waals surface area contributed by atoms with Crippen LogP contribution in [0.4, 0.5) is 0 Å². The standard InChI is InChI=1S/C21H29N3O3/c1-6-27-20-13-16(11-12-19(20)26-5)14-23-21(22-2)24(3)15-17-9-7-8-10-18(17)25-4/h7-13H,6,14-15H2,1-5H3,(H,22,23). The molecule has 0 radical (unpaired) electrons. The predicted molar refractivity (Wildman–Crippen MR) is 109 cm³/mol. The van der Waals surface area contributed by atoms with Crippen LogP contribution in [0.25, 0.3) is 0 Å². The van der Waals surface area contributed by atoms with Gasteiger partial charge in [0.05, 0.1) is 20.8 Å². The van der Waals surface area contributed by atoms with E-state index >= 15 is 0 Å². The average Bonchev–Trinajstić information content (AvgIpc) is 2.69. The Labute approximate surface area is 161 Å². The maximum absolute atomic E-state index is 5.65. The normalized spacial score (nSPS) is 11.1. The van der Waals surface area contributed by atoms with Crippen LogP contribution in [0, 0.1) is 0 Å². The Morgan fingerprint density at radius 1 is 1.04 bits per heavy atom. The van der Waals surface area contributed by atoms with Gasteiger partial charge in [-0.05, 0) is 30.7 Å². The molecule has 2 rings (SSSR count).